The van der Waals surface area contributed by atoms with Crippen LogP contribution in [0.3, 0.4) is 0 Å². The Bertz CT molecular complexity index is 1980. The normalized spacial score (nSPS) is 15.1. The summed E-state index contributed by atoms with van der Waals surface area (Å²) in [6.45, 7) is 0.483. The molecule has 0 amide bonds. The van der Waals surface area contributed by atoms with Gasteiger partial charge in [-0.15, -0.1) is 0 Å². The Morgan fingerprint density at radius 2 is 1.74 bits per heavy atom. The van der Waals surface area contributed by atoms with Crippen LogP contribution in [-0.4, -0.2) is 62.1 Å². The molecule has 0 bridgehead atoms. The van der Waals surface area contributed by atoms with Crippen LogP contribution in [0.5, 0.6) is 5.88 Å². The third kappa shape index (κ3) is 5.64. The number of anilines is 2. The molecule has 5 rings (SSSR count). The van der Waals surface area contributed by atoms with Gasteiger partial charge in [0.1, 0.15) is 22.2 Å². The minimum Gasteiger partial charge on any atom is -0.480 e. The molecule has 42 heavy (non-hydrogen) atoms. The minimum absolute atomic E-state index is 0.00823. The Balaban J connectivity index is 1.51. The molecule has 1 saturated heterocycles. The van der Waals surface area contributed by atoms with E-state index >= 15 is 0 Å². The molecule has 3 N–H and O–H groups in total. The number of pyridine rings is 1. The molecule has 1 fully saturated rings. The van der Waals surface area contributed by atoms with Crippen molar-refractivity contribution in [3.05, 3.63) is 70.6 Å². The number of hydrogen-bond donors (Lipinski definition) is 2. The maximum absolute atomic E-state index is 14.2. The topological polar surface area (TPSA) is 167 Å². The fourth-order valence-electron chi connectivity index (χ4n) is 4.92. The van der Waals surface area contributed by atoms with Gasteiger partial charge in [-0.1, -0.05) is 6.07 Å². The SMILES string of the molecule is COc1ncc(-c2ccc3nc(N)n(C4CCN(S(C)(=O)=O)CC4)c(=O)c3c2)cc1NS(=O)(=O)c1ccc(F)cc1F. The molecule has 3 heterocycles. The van der Waals surface area contributed by atoms with Crippen LogP contribution in [0, 0.1) is 11.6 Å². The van der Waals surface area contributed by atoms with Gasteiger partial charge in [-0.05, 0) is 48.7 Å². The van der Waals surface area contributed by atoms with Crippen molar-refractivity contribution in [1.82, 2.24) is 18.8 Å². The Morgan fingerprint density at radius 1 is 1.02 bits per heavy atom. The highest BCUT2D eigenvalue weighted by molar-refractivity contribution is 7.92. The number of rotatable bonds is 7. The van der Waals surface area contributed by atoms with Gasteiger partial charge in [0, 0.05) is 37.0 Å². The second-order valence-electron chi connectivity index (χ2n) is 9.73. The van der Waals surface area contributed by atoms with Gasteiger partial charge in [0.2, 0.25) is 21.9 Å². The number of methoxy groups -OCH3 is 1. The standard InChI is InChI=1S/C26H26F2N6O6S2/c1-40-24-22(32-42(38,39)23-6-4-17(27)13-20(23)28)12-16(14-30-24)15-3-5-21-19(11-15)25(35)34(26(29)31-21)18-7-9-33(10-8-18)41(2,36)37/h3-6,11-14,18,32H,7-10H2,1-2H3,(H2,29,31). The zero-order valence-electron chi connectivity index (χ0n) is 22.4. The molecule has 12 nitrogen and oxygen atoms in total. The monoisotopic (exact) mass is 620 g/mol. The quantitative estimate of drug-likeness (QED) is 0.316. The third-order valence-electron chi connectivity index (χ3n) is 6.99. The van der Waals surface area contributed by atoms with Gasteiger partial charge in [0.05, 0.1) is 24.3 Å². The fraction of sp³-hybridized carbons (Fsp3) is 0.269. The van der Waals surface area contributed by atoms with E-state index in [1.54, 1.807) is 18.2 Å². The minimum atomic E-state index is -4.50. The number of nitrogens with two attached hydrogens (primary N) is 1. The van der Waals surface area contributed by atoms with E-state index in [0.29, 0.717) is 35.6 Å². The second kappa shape index (κ2) is 10.9. The van der Waals surface area contributed by atoms with Crippen molar-refractivity contribution in [1.29, 1.82) is 0 Å². The van der Waals surface area contributed by atoms with Gasteiger partial charge in [-0.2, -0.15) is 0 Å². The van der Waals surface area contributed by atoms with E-state index in [2.05, 4.69) is 14.7 Å². The van der Waals surface area contributed by atoms with E-state index in [1.165, 1.54) is 28.2 Å². The number of halogens is 2. The van der Waals surface area contributed by atoms with Crippen LogP contribution in [0.25, 0.3) is 22.0 Å². The van der Waals surface area contributed by atoms with E-state index in [0.717, 1.165) is 18.4 Å². The highest BCUT2D eigenvalue weighted by atomic mass is 32.2. The summed E-state index contributed by atoms with van der Waals surface area (Å²) in [6.07, 6.45) is 3.30. The zero-order chi connectivity index (χ0) is 30.4. The molecule has 0 radical (unpaired) electrons. The molecule has 0 spiro atoms. The number of sulfonamides is 2. The first-order chi connectivity index (χ1) is 19.8. The Labute approximate surface area is 239 Å². The summed E-state index contributed by atoms with van der Waals surface area (Å²) < 4.78 is 87.3. The number of hydrogen-bond acceptors (Lipinski definition) is 9. The molecule has 16 heteroatoms. The van der Waals surface area contributed by atoms with Crippen LogP contribution in [0.1, 0.15) is 18.9 Å². The van der Waals surface area contributed by atoms with Gasteiger partial charge < -0.3 is 10.5 Å². The third-order valence-corrected chi connectivity index (χ3v) is 9.69. The lowest BCUT2D eigenvalue weighted by Crippen LogP contribution is -2.41. The summed E-state index contributed by atoms with van der Waals surface area (Å²) in [5, 5.41) is 0.235. The predicted molar refractivity (Wildman–Crippen MR) is 152 cm³/mol. The Morgan fingerprint density at radius 3 is 2.38 bits per heavy atom. The predicted octanol–water partition coefficient (Wildman–Crippen LogP) is 2.72. The average Bonchev–Trinajstić information content (AvgIpc) is 2.92. The lowest BCUT2D eigenvalue weighted by atomic mass is 10.0. The van der Waals surface area contributed by atoms with E-state index in [4.69, 9.17) is 10.5 Å². The van der Waals surface area contributed by atoms with Crippen LogP contribution in [0.2, 0.25) is 0 Å². The Hall–Kier alpha value is -4.15. The van der Waals surface area contributed by atoms with Gasteiger partial charge >= 0.3 is 0 Å². The van der Waals surface area contributed by atoms with Gasteiger partial charge in [0.25, 0.3) is 15.6 Å². The van der Waals surface area contributed by atoms with E-state index < -0.39 is 42.1 Å². The molecule has 2 aromatic carbocycles. The molecule has 1 aliphatic rings. The number of benzene rings is 2. The molecular formula is C26H26F2N6O6S2. The lowest BCUT2D eigenvalue weighted by Gasteiger charge is -2.31. The molecule has 0 atom stereocenters. The molecule has 222 valence electrons. The van der Waals surface area contributed by atoms with Crippen molar-refractivity contribution in [3.63, 3.8) is 0 Å². The van der Waals surface area contributed by atoms with Gasteiger partial charge in [0.15, 0.2) is 0 Å². The number of ether oxygens (including phenoxy) is 1. The maximum atomic E-state index is 14.2. The van der Waals surface area contributed by atoms with Crippen LogP contribution in [0.4, 0.5) is 20.4 Å². The van der Waals surface area contributed by atoms with Crippen molar-refractivity contribution in [2.24, 2.45) is 0 Å². The van der Waals surface area contributed by atoms with Gasteiger partial charge in [-0.25, -0.2) is 39.9 Å². The lowest BCUT2D eigenvalue weighted by molar-refractivity contribution is 0.273. The number of fused-ring (bicyclic) bond motifs is 1. The van der Waals surface area contributed by atoms with Crippen LogP contribution in [0.15, 0.2) is 58.4 Å². The first-order valence-corrected chi connectivity index (χ1v) is 15.9. The summed E-state index contributed by atoms with van der Waals surface area (Å²) in [5.41, 5.74) is 6.82. The summed E-state index contributed by atoms with van der Waals surface area (Å²) in [5.74, 6) is -2.31. The van der Waals surface area contributed by atoms with Crippen molar-refractivity contribution < 1.29 is 30.4 Å². The van der Waals surface area contributed by atoms with Crippen LogP contribution < -0.4 is 20.8 Å². The van der Waals surface area contributed by atoms with Crippen molar-refractivity contribution >= 4 is 42.6 Å². The van der Waals surface area contributed by atoms with Crippen molar-refractivity contribution in [2.45, 2.75) is 23.8 Å². The molecule has 0 saturated carbocycles. The summed E-state index contributed by atoms with van der Waals surface area (Å²) in [6, 6.07) is 7.91. The number of nitrogens with zero attached hydrogens (tertiary/aromatic N) is 4. The fourth-order valence-corrected chi connectivity index (χ4v) is 6.90. The number of piperidine rings is 1. The van der Waals surface area contributed by atoms with Crippen LogP contribution >= 0.6 is 0 Å². The smallest absolute Gasteiger partial charge is 0.264 e. The largest absolute Gasteiger partial charge is 0.480 e. The van der Waals surface area contributed by atoms with Gasteiger partial charge in [-0.3, -0.25) is 14.1 Å². The summed E-state index contributed by atoms with van der Waals surface area (Å²) >= 11 is 0. The average molecular weight is 621 g/mol. The summed E-state index contributed by atoms with van der Waals surface area (Å²) in [7, 11) is -6.58. The van der Waals surface area contributed by atoms with E-state index in [-0.39, 0.29) is 42.0 Å². The number of aromatic nitrogens is 3. The highest BCUT2D eigenvalue weighted by Crippen LogP contribution is 2.32. The van der Waals surface area contributed by atoms with E-state index in [1.807, 2.05) is 0 Å². The first kappa shape index (κ1) is 29.3. The first-order valence-electron chi connectivity index (χ1n) is 12.6. The Kier molecular flexibility index (Phi) is 7.63. The summed E-state index contributed by atoms with van der Waals surface area (Å²) in [4.78, 5) is 21.4. The maximum Gasteiger partial charge on any atom is 0.264 e. The van der Waals surface area contributed by atoms with Crippen LogP contribution in [-0.2, 0) is 20.0 Å². The molecule has 2 aromatic heterocycles. The van der Waals surface area contributed by atoms with Crippen molar-refractivity contribution in [3.8, 4) is 17.0 Å². The molecular weight excluding hydrogens is 594 g/mol. The second-order valence-corrected chi connectivity index (χ2v) is 13.4. The molecule has 0 aliphatic carbocycles. The van der Waals surface area contributed by atoms with E-state index in [9.17, 15) is 30.4 Å². The molecule has 4 aromatic rings. The molecule has 0 unspecified atom stereocenters. The van der Waals surface area contributed by atoms with Crippen molar-refractivity contribution in [2.75, 3.05) is 36.9 Å². The number of nitrogens with one attached hydrogen (secondary N) is 1. The number of nitrogen functional groups attached to an aromatic ring is 1. The zero-order valence-corrected chi connectivity index (χ0v) is 24.0. The highest BCUT2D eigenvalue weighted by Gasteiger charge is 2.28. The molecule has 1 aliphatic heterocycles.